The predicted octanol–water partition coefficient (Wildman–Crippen LogP) is 2.42. The van der Waals surface area contributed by atoms with Crippen molar-refractivity contribution >= 4 is 33.3 Å². The number of aromatic nitrogens is 2. The summed E-state index contributed by atoms with van der Waals surface area (Å²) in [5, 5.41) is 18.6. The number of carboxylic acid groups (broad SMARTS) is 2. The van der Waals surface area contributed by atoms with Crippen molar-refractivity contribution in [3.05, 3.63) is 71.9 Å². The molecule has 0 spiro atoms. The van der Waals surface area contributed by atoms with E-state index < -0.39 is 27.9 Å². The second-order valence-electron chi connectivity index (χ2n) is 5.81. The number of pyridine rings is 1. The standard InChI is InChI=1S/C15H14FN3O2S2.C4H4O4/c1-17-10-11-9-13(12-5-4-6-18-14(12)16)15(22-11)23(20,21)19-7-2-3-8-19;5-3(6)1-2-4(7)8/h2-9,17H,10H2,1H3;1-2H,(H,5,6)(H,7,8). The molecule has 3 aromatic rings. The molecule has 0 bridgehead atoms. The van der Waals surface area contributed by atoms with E-state index in [0.717, 1.165) is 20.2 Å². The molecule has 0 saturated carbocycles. The molecule has 0 amide bonds. The Morgan fingerprint density at radius 3 is 2.29 bits per heavy atom. The molecular formula is C19H18FN3O6S2. The third-order valence-corrected chi connectivity index (χ3v) is 6.91. The van der Waals surface area contributed by atoms with E-state index in [2.05, 4.69) is 10.3 Å². The van der Waals surface area contributed by atoms with Gasteiger partial charge >= 0.3 is 11.9 Å². The third kappa shape index (κ3) is 6.31. The van der Waals surface area contributed by atoms with Crippen molar-refractivity contribution in [2.75, 3.05) is 7.05 Å². The van der Waals surface area contributed by atoms with Gasteiger partial charge in [-0.25, -0.2) is 18.5 Å². The van der Waals surface area contributed by atoms with E-state index in [1.54, 1.807) is 31.3 Å². The molecule has 164 valence electrons. The first-order valence-electron chi connectivity index (χ1n) is 8.57. The molecule has 3 N–H and O–H groups in total. The van der Waals surface area contributed by atoms with Gasteiger partial charge in [-0.3, -0.25) is 0 Å². The van der Waals surface area contributed by atoms with E-state index in [1.807, 2.05) is 0 Å². The summed E-state index contributed by atoms with van der Waals surface area (Å²) in [5.41, 5.74) is 0.511. The first-order chi connectivity index (χ1) is 14.7. The zero-order valence-electron chi connectivity index (χ0n) is 16.1. The lowest BCUT2D eigenvalue weighted by Crippen LogP contribution is -2.10. The highest BCUT2D eigenvalue weighted by molar-refractivity contribution is 7.92. The molecule has 0 aliphatic carbocycles. The monoisotopic (exact) mass is 467 g/mol. The summed E-state index contributed by atoms with van der Waals surface area (Å²) in [6.07, 6.45) is 5.36. The molecular weight excluding hydrogens is 449 g/mol. The number of halogens is 1. The quantitative estimate of drug-likeness (QED) is 0.356. The summed E-state index contributed by atoms with van der Waals surface area (Å²) < 4.78 is 40.9. The lowest BCUT2D eigenvalue weighted by molar-refractivity contribution is -0.134. The Bertz CT molecular complexity index is 1170. The molecule has 0 unspecified atom stereocenters. The molecule has 3 rings (SSSR count). The summed E-state index contributed by atoms with van der Waals surface area (Å²) >= 11 is 1.13. The Morgan fingerprint density at radius 2 is 1.77 bits per heavy atom. The number of hydrogen-bond acceptors (Lipinski definition) is 7. The smallest absolute Gasteiger partial charge is 0.328 e. The van der Waals surface area contributed by atoms with Crippen LogP contribution in [0.5, 0.6) is 0 Å². The summed E-state index contributed by atoms with van der Waals surface area (Å²) in [4.78, 5) is 23.5. The number of rotatable bonds is 7. The lowest BCUT2D eigenvalue weighted by atomic mass is 10.1. The topological polar surface area (TPSA) is 139 Å². The molecule has 0 aliphatic rings. The summed E-state index contributed by atoms with van der Waals surface area (Å²) in [7, 11) is -2.01. The molecule has 0 saturated heterocycles. The minimum Gasteiger partial charge on any atom is -0.478 e. The average Bonchev–Trinajstić information content (AvgIpc) is 3.38. The van der Waals surface area contributed by atoms with Crippen LogP contribution in [-0.4, -0.2) is 46.6 Å². The van der Waals surface area contributed by atoms with Gasteiger partial charge in [-0.05, 0) is 37.4 Å². The fourth-order valence-corrected chi connectivity index (χ4v) is 5.38. The third-order valence-electron chi connectivity index (χ3n) is 3.61. The van der Waals surface area contributed by atoms with Crippen LogP contribution in [0.2, 0.25) is 0 Å². The Balaban J connectivity index is 0.000000366. The lowest BCUT2D eigenvalue weighted by Gasteiger charge is -2.07. The van der Waals surface area contributed by atoms with Crippen LogP contribution in [0.3, 0.4) is 0 Å². The van der Waals surface area contributed by atoms with Crippen LogP contribution in [-0.2, 0) is 26.2 Å². The predicted molar refractivity (Wildman–Crippen MR) is 112 cm³/mol. The number of nitrogens with zero attached hydrogens (tertiary/aromatic N) is 2. The van der Waals surface area contributed by atoms with Crippen molar-refractivity contribution in [3.63, 3.8) is 0 Å². The van der Waals surface area contributed by atoms with Crippen molar-refractivity contribution in [1.82, 2.24) is 14.3 Å². The Kier molecular flexibility index (Phi) is 8.19. The number of thiophene rings is 1. The first kappa shape index (κ1) is 23.9. The molecule has 0 radical (unpaired) electrons. The van der Waals surface area contributed by atoms with E-state index in [9.17, 15) is 22.4 Å². The van der Waals surface area contributed by atoms with E-state index in [1.165, 1.54) is 24.7 Å². The number of carbonyl (C=O) groups is 2. The maximum absolute atomic E-state index is 14.1. The van der Waals surface area contributed by atoms with Gasteiger partial charge in [0.15, 0.2) is 0 Å². The molecule has 3 aromatic heterocycles. The summed E-state index contributed by atoms with van der Waals surface area (Å²) in [6, 6.07) is 8.06. The van der Waals surface area contributed by atoms with Crippen molar-refractivity contribution in [3.8, 4) is 11.1 Å². The molecule has 0 fully saturated rings. The first-order valence-corrected chi connectivity index (χ1v) is 10.8. The van der Waals surface area contributed by atoms with Gasteiger partial charge in [0.25, 0.3) is 10.0 Å². The van der Waals surface area contributed by atoms with Crippen molar-refractivity contribution in [2.45, 2.75) is 10.8 Å². The van der Waals surface area contributed by atoms with Crippen LogP contribution in [0.4, 0.5) is 4.39 Å². The molecule has 9 nitrogen and oxygen atoms in total. The number of nitrogens with one attached hydrogen (secondary N) is 1. The minimum atomic E-state index is -3.78. The summed E-state index contributed by atoms with van der Waals surface area (Å²) in [6.45, 7) is 0.501. The summed E-state index contributed by atoms with van der Waals surface area (Å²) in [5.74, 6) is -3.20. The highest BCUT2D eigenvalue weighted by Gasteiger charge is 2.26. The van der Waals surface area contributed by atoms with Gasteiger partial charge in [-0.2, -0.15) is 12.8 Å². The van der Waals surface area contributed by atoms with Gasteiger partial charge in [0.1, 0.15) is 4.21 Å². The highest BCUT2D eigenvalue weighted by Crippen LogP contribution is 2.37. The Morgan fingerprint density at radius 1 is 1.16 bits per heavy atom. The molecule has 0 aliphatic heterocycles. The largest absolute Gasteiger partial charge is 0.478 e. The zero-order valence-corrected chi connectivity index (χ0v) is 17.7. The van der Waals surface area contributed by atoms with Gasteiger partial charge in [0.05, 0.1) is 0 Å². The normalized spacial score (nSPS) is 11.2. The maximum atomic E-state index is 14.1. The van der Waals surface area contributed by atoms with E-state index in [-0.39, 0.29) is 9.77 Å². The van der Waals surface area contributed by atoms with Crippen LogP contribution in [0, 0.1) is 5.95 Å². The van der Waals surface area contributed by atoms with E-state index in [0.29, 0.717) is 24.3 Å². The molecule has 0 atom stereocenters. The fourth-order valence-electron chi connectivity index (χ4n) is 2.37. The van der Waals surface area contributed by atoms with Crippen LogP contribution >= 0.6 is 11.3 Å². The van der Waals surface area contributed by atoms with E-state index in [4.69, 9.17) is 10.2 Å². The second-order valence-corrected chi connectivity index (χ2v) is 8.99. The van der Waals surface area contributed by atoms with Crippen molar-refractivity contribution in [2.24, 2.45) is 0 Å². The van der Waals surface area contributed by atoms with Crippen LogP contribution < -0.4 is 5.32 Å². The average molecular weight is 468 g/mol. The van der Waals surface area contributed by atoms with Gasteiger partial charge in [-0.15, -0.1) is 11.3 Å². The van der Waals surface area contributed by atoms with Gasteiger partial charge < -0.3 is 15.5 Å². The second kappa shape index (κ2) is 10.6. The van der Waals surface area contributed by atoms with E-state index >= 15 is 0 Å². The zero-order chi connectivity index (χ0) is 23.0. The van der Waals surface area contributed by atoms with Gasteiger partial charge in [-0.1, -0.05) is 0 Å². The maximum Gasteiger partial charge on any atom is 0.328 e. The van der Waals surface area contributed by atoms with Crippen LogP contribution in [0.15, 0.2) is 65.3 Å². The number of hydrogen-bond donors (Lipinski definition) is 3. The van der Waals surface area contributed by atoms with Gasteiger partial charge in [0.2, 0.25) is 5.95 Å². The van der Waals surface area contributed by atoms with Crippen LogP contribution in [0.25, 0.3) is 11.1 Å². The number of carboxylic acids is 2. The van der Waals surface area contributed by atoms with Crippen LogP contribution in [0.1, 0.15) is 4.88 Å². The fraction of sp³-hybridized carbons (Fsp3) is 0.105. The van der Waals surface area contributed by atoms with Crippen molar-refractivity contribution in [1.29, 1.82) is 0 Å². The molecule has 31 heavy (non-hydrogen) atoms. The SMILES string of the molecule is CNCc1cc(-c2cccnc2F)c(S(=O)(=O)n2cccc2)s1.O=C(O)C=CC(=O)O. The molecule has 12 heteroatoms. The van der Waals surface area contributed by atoms with Crippen molar-refractivity contribution < 1.29 is 32.6 Å². The molecule has 3 heterocycles. The van der Waals surface area contributed by atoms with Gasteiger partial charge in [0, 0.05) is 53.3 Å². The molecule has 0 aromatic carbocycles. The highest BCUT2D eigenvalue weighted by atomic mass is 32.2. The number of aliphatic carboxylic acids is 2. The Labute approximate surface area is 181 Å². The minimum absolute atomic E-state index is 0.103. The Hall–Kier alpha value is -3.35.